The van der Waals surface area contributed by atoms with Crippen molar-refractivity contribution in [1.82, 2.24) is 14.9 Å². The van der Waals surface area contributed by atoms with E-state index in [1.807, 2.05) is 36.1 Å². The molecule has 0 aliphatic carbocycles. The summed E-state index contributed by atoms with van der Waals surface area (Å²) < 4.78 is 41.6. The molecule has 37 heavy (non-hydrogen) atoms. The number of carbonyl (C=O) groups excluding carboxylic acids is 1. The van der Waals surface area contributed by atoms with Crippen LogP contribution in [-0.2, 0) is 11.0 Å². The van der Waals surface area contributed by atoms with Crippen LogP contribution in [0.5, 0.6) is 0 Å². The number of carbonyl (C=O) groups is 1. The van der Waals surface area contributed by atoms with Gasteiger partial charge in [0.1, 0.15) is 11.6 Å². The van der Waals surface area contributed by atoms with Gasteiger partial charge >= 0.3 is 6.18 Å². The maximum Gasteiger partial charge on any atom is 0.417 e. The molecule has 2 aliphatic rings. The molecule has 1 saturated heterocycles. The molecule has 0 atom stereocenters. The molecule has 2 aliphatic heterocycles. The highest BCUT2D eigenvalue weighted by molar-refractivity contribution is 5.87. The van der Waals surface area contributed by atoms with E-state index in [-0.39, 0.29) is 17.3 Å². The van der Waals surface area contributed by atoms with Crippen LogP contribution in [0, 0.1) is 0 Å². The van der Waals surface area contributed by atoms with Gasteiger partial charge in [0.2, 0.25) is 5.91 Å². The number of nitrogens with zero attached hydrogens (tertiary/aromatic N) is 4. The van der Waals surface area contributed by atoms with Crippen LogP contribution in [-0.4, -0.2) is 53.5 Å². The molecule has 0 spiro atoms. The predicted molar refractivity (Wildman–Crippen MR) is 138 cm³/mol. The Morgan fingerprint density at radius 3 is 2.35 bits per heavy atom. The van der Waals surface area contributed by atoms with Crippen molar-refractivity contribution < 1.29 is 18.0 Å². The predicted octanol–water partition coefficient (Wildman–Crippen LogP) is 5.10. The van der Waals surface area contributed by atoms with E-state index < -0.39 is 11.7 Å². The summed E-state index contributed by atoms with van der Waals surface area (Å²) in [6.45, 7) is 6.22. The molecule has 1 amide bonds. The molecule has 192 valence electrons. The second kappa shape index (κ2) is 9.76. The minimum Gasteiger partial charge on any atom is -0.381 e. The first kappa shape index (κ1) is 24.6. The Balaban J connectivity index is 1.58. The van der Waals surface area contributed by atoms with Gasteiger partial charge in [-0.05, 0) is 24.6 Å². The van der Waals surface area contributed by atoms with E-state index in [9.17, 15) is 18.0 Å². The van der Waals surface area contributed by atoms with Crippen molar-refractivity contribution in [2.24, 2.45) is 0 Å². The van der Waals surface area contributed by atoms with Gasteiger partial charge in [0.15, 0.2) is 5.82 Å². The number of halogens is 3. The van der Waals surface area contributed by atoms with Crippen LogP contribution >= 0.6 is 0 Å². The van der Waals surface area contributed by atoms with Gasteiger partial charge in [-0.1, -0.05) is 36.4 Å². The van der Waals surface area contributed by atoms with Crippen LogP contribution in [0.25, 0.3) is 17.1 Å². The van der Waals surface area contributed by atoms with E-state index in [0.29, 0.717) is 44.4 Å². The van der Waals surface area contributed by atoms with Gasteiger partial charge in [-0.3, -0.25) is 4.79 Å². The van der Waals surface area contributed by atoms with E-state index >= 15 is 0 Å². The molecule has 3 aromatic rings. The number of anilines is 3. The van der Waals surface area contributed by atoms with Crippen LogP contribution < -0.4 is 15.5 Å². The third-order valence-corrected chi connectivity index (χ3v) is 6.66. The van der Waals surface area contributed by atoms with Crippen molar-refractivity contribution in [3.8, 4) is 11.4 Å². The van der Waals surface area contributed by atoms with Gasteiger partial charge in [-0.15, -0.1) is 0 Å². The number of hydrogen-bond acceptors (Lipinski definition) is 6. The summed E-state index contributed by atoms with van der Waals surface area (Å²) in [6, 6.07) is 14.9. The first-order chi connectivity index (χ1) is 17.7. The van der Waals surface area contributed by atoms with Crippen LogP contribution in [0.4, 0.5) is 30.5 Å². The highest BCUT2D eigenvalue weighted by Crippen LogP contribution is 2.37. The van der Waals surface area contributed by atoms with Crippen LogP contribution in [0.15, 0.2) is 60.2 Å². The third-order valence-electron chi connectivity index (χ3n) is 6.66. The van der Waals surface area contributed by atoms with Crippen molar-refractivity contribution in [1.29, 1.82) is 0 Å². The highest BCUT2D eigenvalue weighted by atomic mass is 19.4. The first-order valence-corrected chi connectivity index (χ1v) is 12.1. The fraction of sp³-hybridized carbons (Fsp3) is 0.296. The van der Waals surface area contributed by atoms with Crippen LogP contribution in [0.1, 0.15) is 25.0 Å². The normalized spacial score (nSPS) is 15.8. The summed E-state index contributed by atoms with van der Waals surface area (Å²) in [6.07, 6.45) is -4.55. The maximum atomic E-state index is 13.9. The number of aromatic nitrogens is 2. The molecule has 1 fully saturated rings. The molecule has 10 heteroatoms. The minimum absolute atomic E-state index is 0.00327. The maximum absolute atomic E-state index is 13.9. The first-order valence-electron chi connectivity index (χ1n) is 12.1. The molecule has 7 nitrogen and oxygen atoms in total. The van der Waals surface area contributed by atoms with Crippen LogP contribution in [0.2, 0.25) is 0 Å². The average Bonchev–Trinajstić information content (AvgIpc) is 2.90. The fourth-order valence-electron chi connectivity index (χ4n) is 4.66. The van der Waals surface area contributed by atoms with E-state index in [2.05, 4.69) is 20.6 Å². The summed E-state index contributed by atoms with van der Waals surface area (Å²) in [4.78, 5) is 24.6. The lowest BCUT2D eigenvalue weighted by atomic mass is 10.0. The topological polar surface area (TPSA) is 73.4 Å². The third kappa shape index (κ3) is 5.09. The van der Waals surface area contributed by atoms with Gasteiger partial charge < -0.3 is 20.4 Å². The lowest BCUT2D eigenvalue weighted by Crippen LogP contribution is -2.48. The standard InChI is InChI=1S/C27H27F3N6O/c1-17-16-31-22-10-6-4-8-20(22)25(17)32-23-15-24(36-13-11-35(12-14-36)18(2)37)34-26(33-23)19-7-3-5-9-21(19)27(28,29)30/h3-10,15,31H,11-14,16H2,1-2H3,(H,32,33,34). The molecular formula is C27H27F3N6O. The van der Waals surface area contributed by atoms with Crippen molar-refractivity contribution in [2.75, 3.05) is 48.3 Å². The molecule has 0 unspecified atom stereocenters. The molecule has 0 bridgehead atoms. The quantitative estimate of drug-likeness (QED) is 0.511. The van der Waals surface area contributed by atoms with Gasteiger partial charge in [0.05, 0.1) is 5.56 Å². The van der Waals surface area contributed by atoms with E-state index in [1.54, 1.807) is 17.0 Å². The Kier molecular flexibility index (Phi) is 6.49. The van der Waals surface area contributed by atoms with E-state index in [0.717, 1.165) is 28.6 Å². The molecule has 2 N–H and O–H groups in total. The number of rotatable bonds is 4. The van der Waals surface area contributed by atoms with E-state index in [1.165, 1.54) is 19.1 Å². The number of piperazine rings is 1. The zero-order valence-electron chi connectivity index (χ0n) is 20.6. The van der Waals surface area contributed by atoms with Crippen molar-refractivity contribution in [3.63, 3.8) is 0 Å². The Morgan fingerprint density at radius 2 is 1.65 bits per heavy atom. The molecule has 2 aromatic carbocycles. The SMILES string of the molecule is CC(=O)N1CCN(c2cc(NC3=C(C)CNc4ccccc43)nc(-c3ccccc3C(F)(F)F)n2)CC1. The fourth-order valence-corrected chi connectivity index (χ4v) is 4.66. The van der Waals surface area contributed by atoms with E-state index in [4.69, 9.17) is 0 Å². The lowest BCUT2D eigenvalue weighted by Gasteiger charge is -2.35. The summed E-state index contributed by atoms with van der Waals surface area (Å²) in [5, 5.41) is 6.75. The van der Waals surface area contributed by atoms with Crippen molar-refractivity contribution in [2.45, 2.75) is 20.0 Å². The number of alkyl halides is 3. The molecule has 3 heterocycles. The number of amides is 1. The molecule has 0 radical (unpaired) electrons. The number of nitrogens with one attached hydrogen (secondary N) is 2. The van der Waals surface area contributed by atoms with Gasteiger partial charge in [0, 0.05) is 68.2 Å². The summed E-state index contributed by atoms with van der Waals surface area (Å²) in [5.41, 5.74) is 2.95. The monoisotopic (exact) mass is 508 g/mol. The average molecular weight is 509 g/mol. The lowest BCUT2D eigenvalue weighted by molar-refractivity contribution is -0.137. The largest absolute Gasteiger partial charge is 0.417 e. The molecular weight excluding hydrogens is 481 g/mol. The Bertz CT molecular complexity index is 1360. The second-order valence-corrected chi connectivity index (χ2v) is 9.15. The number of benzene rings is 2. The molecule has 0 saturated carbocycles. The van der Waals surface area contributed by atoms with Gasteiger partial charge in [0.25, 0.3) is 0 Å². The van der Waals surface area contributed by atoms with Crippen LogP contribution in [0.3, 0.4) is 0 Å². The molecule has 5 rings (SSSR count). The Morgan fingerprint density at radius 1 is 0.973 bits per heavy atom. The second-order valence-electron chi connectivity index (χ2n) is 9.15. The highest BCUT2D eigenvalue weighted by Gasteiger charge is 2.34. The number of fused-ring (bicyclic) bond motifs is 1. The van der Waals surface area contributed by atoms with Crippen molar-refractivity contribution >= 4 is 28.9 Å². The Hall–Kier alpha value is -4.08. The molecule has 1 aromatic heterocycles. The van der Waals surface area contributed by atoms with Crippen molar-refractivity contribution in [3.05, 3.63) is 71.3 Å². The number of hydrogen-bond donors (Lipinski definition) is 2. The summed E-state index contributed by atoms with van der Waals surface area (Å²) >= 11 is 0. The zero-order chi connectivity index (χ0) is 26.2. The summed E-state index contributed by atoms with van der Waals surface area (Å²) in [5.74, 6) is 0.893. The number of para-hydroxylation sites is 1. The Labute approximate surface area is 213 Å². The van der Waals surface area contributed by atoms with Gasteiger partial charge in [-0.2, -0.15) is 13.2 Å². The summed E-state index contributed by atoms with van der Waals surface area (Å²) in [7, 11) is 0. The smallest absolute Gasteiger partial charge is 0.381 e. The van der Waals surface area contributed by atoms with Gasteiger partial charge in [-0.25, -0.2) is 9.97 Å². The minimum atomic E-state index is -4.55. The zero-order valence-corrected chi connectivity index (χ0v) is 20.6.